The fourth-order valence-electron chi connectivity index (χ4n) is 4.12. The molecule has 1 fully saturated rings. The van der Waals surface area contributed by atoms with Crippen LogP contribution in [0.25, 0.3) is 16.8 Å². The first-order valence-corrected chi connectivity index (χ1v) is 13.4. The molecule has 4 aromatic rings. The average molecular weight is 595 g/mol. The summed E-state index contributed by atoms with van der Waals surface area (Å²) in [5.41, 5.74) is 2.47. The standard InChI is InChI=1S/C29H21BrClNO4S/c1-35-25-14-18(15-26-28(33)32(29(34)37-26)16-20-8-3-5-12-24(20)31)13-23(30)27(25)36-17-21-10-6-9-19-7-2-4-11-22(19)21/h2-15H,16-17H2,1H3/b26-15-. The molecule has 0 N–H and O–H groups in total. The zero-order valence-electron chi connectivity index (χ0n) is 19.7. The van der Waals surface area contributed by atoms with Crippen LogP contribution >= 0.6 is 39.3 Å². The molecule has 0 saturated carbocycles. The van der Waals surface area contributed by atoms with Gasteiger partial charge in [-0.1, -0.05) is 72.3 Å². The molecular formula is C29H21BrClNO4S. The van der Waals surface area contributed by atoms with Gasteiger partial charge in [0.05, 0.1) is 23.0 Å². The summed E-state index contributed by atoms with van der Waals surface area (Å²) in [6.07, 6.45) is 1.68. The number of amides is 2. The fourth-order valence-corrected chi connectivity index (χ4v) is 5.72. The molecule has 0 spiro atoms. The molecule has 1 heterocycles. The number of halogens is 2. The normalized spacial score (nSPS) is 14.6. The molecule has 186 valence electrons. The largest absolute Gasteiger partial charge is 0.493 e. The quantitative estimate of drug-likeness (QED) is 0.203. The van der Waals surface area contributed by atoms with E-state index in [1.807, 2.05) is 36.4 Å². The fraction of sp³-hybridized carbons (Fsp3) is 0.103. The Bertz CT molecular complexity index is 1550. The number of methoxy groups -OCH3 is 1. The van der Waals surface area contributed by atoms with Crippen LogP contribution in [0.4, 0.5) is 4.79 Å². The lowest BCUT2D eigenvalue weighted by atomic mass is 10.1. The Morgan fingerprint density at radius 3 is 2.51 bits per heavy atom. The number of ether oxygens (including phenoxy) is 2. The Hall–Kier alpha value is -3.26. The molecule has 0 radical (unpaired) electrons. The third-order valence-electron chi connectivity index (χ3n) is 5.96. The molecule has 0 bridgehead atoms. The van der Waals surface area contributed by atoms with Crippen LogP contribution in [0.2, 0.25) is 5.02 Å². The molecule has 0 aromatic heterocycles. The molecular weight excluding hydrogens is 574 g/mol. The van der Waals surface area contributed by atoms with E-state index in [0.29, 0.717) is 43.6 Å². The Kier molecular flexibility index (Phi) is 7.55. The molecule has 0 unspecified atom stereocenters. The van der Waals surface area contributed by atoms with Crippen LogP contribution in [0, 0.1) is 0 Å². The van der Waals surface area contributed by atoms with Crippen LogP contribution in [-0.4, -0.2) is 23.2 Å². The molecule has 1 aliphatic rings. The third kappa shape index (κ3) is 5.39. The molecule has 2 amide bonds. The number of hydrogen-bond acceptors (Lipinski definition) is 5. The van der Waals surface area contributed by atoms with Gasteiger partial charge in [0, 0.05) is 5.02 Å². The minimum absolute atomic E-state index is 0.121. The van der Waals surface area contributed by atoms with Gasteiger partial charge in [0.1, 0.15) is 6.61 Å². The number of carbonyl (C=O) groups excluding carboxylic acids is 2. The first-order chi connectivity index (χ1) is 17.9. The Morgan fingerprint density at radius 1 is 0.973 bits per heavy atom. The highest BCUT2D eigenvalue weighted by Gasteiger charge is 2.35. The van der Waals surface area contributed by atoms with Gasteiger partial charge < -0.3 is 9.47 Å². The van der Waals surface area contributed by atoms with Gasteiger partial charge in [0.2, 0.25) is 0 Å². The van der Waals surface area contributed by atoms with Gasteiger partial charge in [-0.15, -0.1) is 0 Å². The van der Waals surface area contributed by atoms with Crippen molar-refractivity contribution in [1.29, 1.82) is 0 Å². The summed E-state index contributed by atoms with van der Waals surface area (Å²) in [6, 6.07) is 25.1. The van der Waals surface area contributed by atoms with Gasteiger partial charge in [-0.3, -0.25) is 14.5 Å². The second-order valence-corrected chi connectivity index (χ2v) is 10.6. The molecule has 0 atom stereocenters. The van der Waals surface area contributed by atoms with Crippen LogP contribution in [0.1, 0.15) is 16.7 Å². The van der Waals surface area contributed by atoms with E-state index in [2.05, 4.69) is 34.1 Å². The number of rotatable bonds is 7. The number of fused-ring (bicyclic) bond motifs is 1. The summed E-state index contributed by atoms with van der Waals surface area (Å²) in [7, 11) is 1.56. The number of imide groups is 1. The Balaban J connectivity index is 1.37. The molecule has 1 saturated heterocycles. The first-order valence-electron chi connectivity index (χ1n) is 11.4. The van der Waals surface area contributed by atoms with Gasteiger partial charge in [-0.2, -0.15) is 0 Å². The average Bonchev–Trinajstić information content (AvgIpc) is 3.16. The van der Waals surface area contributed by atoms with Crippen LogP contribution in [0.15, 0.2) is 88.2 Å². The molecule has 8 heteroatoms. The van der Waals surface area contributed by atoms with Crippen LogP contribution in [0.5, 0.6) is 11.5 Å². The Labute approximate surface area is 232 Å². The number of thioether (sulfide) groups is 1. The summed E-state index contributed by atoms with van der Waals surface area (Å²) < 4.78 is 12.4. The van der Waals surface area contributed by atoms with E-state index in [1.165, 1.54) is 4.90 Å². The lowest BCUT2D eigenvalue weighted by molar-refractivity contribution is -0.123. The van der Waals surface area contributed by atoms with E-state index in [1.54, 1.807) is 37.5 Å². The second kappa shape index (κ2) is 11.0. The molecule has 1 aliphatic heterocycles. The first kappa shape index (κ1) is 25.4. The maximum atomic E-state index is 13.0. The van der Waals surface area contributed by atoms with Crippen molar-refractivity contribution in [3.8, 4) is 11.5 Å². The summed E-state index contributed by atoms with van der Waals surface area (Å²) in [5.74, 6) is 0.705. The van der Waals surface area contributed by atoms with Crippen molar-refractivity contribution in [1.82, 2.24) is 4.90 Å². The maximum Gasteiger partial charge on any atom is 0.293 e. The van der Waals surface area contributed by atoms with Crippen molar-refractivity contribution in [3.63, 3.8) is 0 Å². The highest BCUT2D eigenvalue weighted by Crippen LogP contribution is 2.40. The molecule has 37 heavy (non-hydrogen) atoms. The molecule has 5 nitrogen and oxygen atoms in total. The lowest BCUT2D eigenvalue weighted by Crippen LogP contribution is -2.27. The van der Waals surface area contributed by atoms with Crippen LogP contribution in [0.3, 0.4) is 0 Å². The van der Waals surface area contributed by atoms with Crippen molar-refractivity contribution < 1.29 is 19.1 Å². The zero-order chi connectivity index (χ0) is 25.9. The second-order valence-electron chi connectivity index (χ2n) is 8.32. The van der Waals surface area contributed by atoms with E-state index in [9.17, 15) is 9.59 Å². The predicted octanol–water partition coefficient (Wildman–Crippen LogP) is 8.08. The number of benzene rings is 4. The lowest BCUT2D eigenvalue weighted by Gasteiger charge is -2.15. The van der Waals surface area contributed by atoms with E-state index >= 15 is 0 Å². The third-order valence-corrected chi connectivity index (χ3v) is 7.83. The number of nitrogens with zero attached hydrogens (tertiary/aromatic N) is 1. The summed E-state index contributed by atoms with van der Waals surface area (Å²) >= 11 is 10.7. The van der Waals surface area contributed by atoms with E-state index in [4.69, 9.17) is 21.1 Å². The SMILES string of the molecule is COc1cc(/C=C2\SC(=O)N(Cc3ccccc3Cl)C2=O)cc(Br)c1OCc1cccc2ccccc12. The van der Waals surface area contributed by atoms with E-state index in [0.717, 1.165) is 28.1 Å². The number of carbonyl (C=O) groups is 2. The van der Waals surface area contributed by atoms with Crippen molar-refractivity contribution >= 4 is 67.3 Å². The summed E-state index contributed by atoms with van der Waals surface area (Å²) in [6.45, 7) is 0.478. The summed E-state index contributed by atoms with van der Waals surface area (Å²) in [4.78, 5) is 27.1. The van der Waals surface area contributed by atoms with Crippen molar-refractivity contribution in [2.75, 3.05) is 7.11 Å². The van der Waals surface area contributed by atoms with Gasteiger partial charge in [-0.25, -0.2) is 0 Å². The minimum Gasteiger partial charge on any atom is -0.493 e. The summed E-state index contributed by atoms with van der Waals surface area (Å²) in [5, 5.41) is 2.45. The van der Waals surface area contributed by atoms with Gasteiger partial charge in [0.15, 0.2) is 11.5 Å². The minimum atomic E-state index is -0.360. The predicted molar refractivity (Wildman–Crippen MR) is 152 cm³/mol. The van der Waals surface area contributed by atoms with E-state index in [-0.39, 0.29) is 17.7 Å². The molecule has 4 aromatic carbocycles. The molecule has 0 aliphatic carbocycles. The Morgan fingerprint density at radius 2 is 1.70 bits per heavy atom. The smallest absolute Gasteiger partial charge is 0.293 e. The topological polar surface area (TPSA) is 55.8 Å². The van der Waals surface area contributed by atoms with Crippen LogP contribution in [-0.2, 0) is 17.9 Å². The van der Waals surface area contributed by atoms with Gasteiger partial charge in [0.25, 0.3) is 11.1 Å². The maximum absolute atomic E-state index is 13.0. The van der Waals surface area contributed by atoms with Crippen LogP contribution < -0.4 is 9.47 Å². The monoisotopic (exact) mass is 593 g/mol. The van der Waals surface area contributed by atoms with Crippen molar-refractivity contribution in [2.45, 2.75) is 13.2 Å². The van der Waals surface area contributed by atoms with E-state index < -0.39 is 0 Å². The highest BCUT2D eigenvalue weighted by molar-refractivity contribution is 9.10. The highest BCUT2D eigenvalue weighted by atomic mass is 79.9. The molecule has 5 rings (SSSR count). The number of hydrogen-bond donors (Lipinski definition) is 0. The van der Waals surface area contributed by atoms with Gasteiger partial charge in [-0.05, 0) is 79.4 Å². The van der Waals surface area contributed by atoms with Gasteiger partial charge >= 0.3 is 0 Å². The van der Waals surface area contributed by atoms with Crippen molar-refractivity contribution in [3.05, 3.63) is 110 Å². The zero-order valence-corrected chi connectivity index (χ0v) is 22.9. The van der Waals surface area contributed by atoms with Crippen molar-refractivity contribution in [2.24, 2.45) is 0 Å².